The van der Waals surface area contributed by atoms with Gasteiger partial charge >= 0.3 is 0 Å². The normalized spacial score (nSPS) is 9.82. The van der Waals surface area contributed by atoms with E-state index in [2.05, 4.69) is 5.32 Å². The van der Waals surface area contributed by atoms with E-state index in [0.29, 0.717) is 0 Å². The van der Waals surface area contributed by atoms with Gasteiger partial charge in [-0.2, -0.15) is 0 Å². The van der Waals surface area contributed by atoms with E-state index in [1.807, 2.05) is 0 Å². The van der Waals surface area contributed by atoms with Crippen molar-refractivity contribution in [2.24, 2.45) is 0 Å². The van der Waals surface area contributed by atoms with Gasteiger partial charge in [-0.05, 0) is 6.92 Å². The first kappa shape index (κ1) is 12.9. The van der Waals surface area contributed by atoms with E-state index >= 15 is 0 Å². The number of ether oxygens (including phenoxy) is 1. The zero-order chi connectivity index (χ0) is 13.0. The van der Waals surface area contributed by atoms with Crippen molar-refractivity contribution < 1.29 is 18.8 Å². The Morgan fingerprint density at radius 3 is 2.71 bits per heavy atom. The first-order valence-electron chi connectivity index (χ1n) is 4.84. The van der Waals surface area contributed by atoms with Gasteiger partial charge in [0.1, 0.15) is 5.69 Å². The van der Waals surface area contributed by atoms with Gasteiger partial charge in [-0.25, -0.2) is 4.39 Å². The molecule has 0 atom stereocenters. The fourth-order valence-electron chi connectivity index (χ4n) is 1.25. The molecular formula is C10H11FN2O4. The van der Waals surface area contributed by atoms with Crippen molar-refractivity contribution in [1.29, 1.82) is 0 Å². The topological polar surface area (TPSA) is 81.5 Å². The largest absolute Gasteiger partial charge is 0.491 e. The summed E-state index contributed by atoms with van der Waals surface area (Å²) in [7, 11) is 0. The number of amides is 1. The minimum atomic E-state index is -0.763. The molecule has 0 aromatic heterocycles. The molecule has 1 N–H and O–H groups in total. The Morgan fingerprint density at radius 2 is 2.24 bits per heavy atom. The SMILES string of the molecule is CCOc1cc([N+](=O)[O-])c(NC(C)=O)cc1F. The number of hydrogen-bond donors (Lipinski definition) is 1. The molecule has 0 saturated carbocycles. The van der Waals surface area contributed by atoms with Crippen LogP contribution in [-0.2, 0) is 4.79 Å². The number of hydrogen-bond acceptors (Lipinski definition) is 4. The first-order valence-corrected chi connectivity index (χ1v) is 4.84. The Labute approximate surface area is 96.5 Å². The van der Waals surface area contributed by atoms with Crippen LogP contribution < -0.4 is 10.1 Å². The monoisotopic (exact) mass is 242 g/mol. The van der Waals surface area contributed by atoms with Crippen molar-refractivity contribution in [3.05, 3.63) is 28.1 Å². The van der Waals surface area contributed by atoms with Crippen LogP contribution in [0.5, 0.6) is 5.75 Å². The van der Waals surface area contributed by atoms with Gasteiger partial charge in [0, 0.05) is 13.0 Å². The third kappa shape index (κ3) is 3.13. The lowest BCUT2D eigenvalue weighted by atomic mass is 10.2. The quantitative estimate of drug-likeness (QED) is 0.647. The molecule has 0 spiro atoms. The Balaban J connectivity index is 3.25. The van der Waals surface area contributed by atoms with Crippen molar-refractivity contribution >= 4 is 17.3 Å². The molecule has 1 aromatic rings. The number of carbonyl (C=O) groups excluding carboxylic acids is 1. The summed E-state index contributed by atoms with van der Waals surface area (Å²) in [4.78, 5) is 20.9. The number of nitro benzene ring substituents is 1. The van der Waals surface area contributed by atoms with Crippen molar-refractivity contribution in [1.82, 2.24) is 0 Å². The van der Waals surface area contributed by atoms with E-state index in [1.165, 1.54) is 6.92 Å². The second kappa shape index (κ2) is 5.24. The summed E-state index contributed by atoms with van der Waals surface area (Å²) in [6.45, 7) is 3.00. The van der Waals surface area contributed by atoms with Crippen LogP contribution in [0.25, 0.3) is 0 Å². The smallest absolute Gasteiger partial charge is 0.296 e. The molecule has 0 heterocycles. The summed E-state index contributed by atoms with van der Waals surface area (Å²) in [5.41, 5.74) is -0.603. The fraction of sp³-hybridized carbons (Fsp3) is 0.300. The number of rotatable bonds is 4. The molecule has 0 aliphatic heterocycles. The highest BCUT2D eigenvalue weighted by Gasteiger charge is 2.19. The molecule has 0 aliphatic carbocycles. The standard InChI is InChI=1S/C10H11FN2O4/c1-3-17-10-5-9(13(15)16)8(4-7(10)11)12-6(2)14/h4-5H,3H2,1-2H3,(H,12,14). The molecule has 0 radical (unpaired) electrons. The van der Waals surface area contributed by atoms with E-state index < -0.39 is 22.3 Å². The van der Waals surface area contributed by atoms with Crippen LogP contribution in [0.4, 0.5) is 15.8 Å². The van der Waals surface area contributed by atoms with Crippen LogP contribution in [0.1, 0.15) is 13.8 Å². The van der Waals surface area contributed by atoms with Gasteiger partial charge in [0.05, 0.1) is 17.6 Å². The minimum absolute atomic E-state index is 0.188. The average Bonchev–Trinajstić information content (AvgIpc) is 2.20. The third-order valence-electron chi connectivity index (χ3n) is 1.86. The summed E-state index contributed by atoms with van der Waals surface area (Å²) in [6, 6.07) is 1.81. The number of nitrogens with zero attached hydrogens (tertiary/aromatic N) is 1. The van der Waals surface area contributed by atoms with Gasteiger partial charge in [-0.15, -0.1) is 0 Å². The average molecular weight is 242 g/mol. The Bertz CT molecular complexity index is 462. The molecule has 6 nitrogen and oxygen atoms in total. The Hall–Kier alpha value is -2.18. The molecule has 1 aromatic carbocycles. The maximum absolute atomic E-state index is 13.4. The molecule has 1 amide bonds. The molecule has 0 fully saturated rings. The summed E-state index contributed by atoms with van der Waals surface area (Å²) in [5, 5.41) is 12.9. The first-order chi connectivity index (χ1) is 7.95. The number of benzene rings is 1. The maximum atomic E-state index is 13.4. The number of nitro groups is 1. The van der Waals surface area contributed by atoms with E-state index in [0.717, 1.165) is 12.1 Å². The summed E-state index contributed by atoms with van der Waals surface area (Å²) < 4.78 is 18.3. The molecule has 7 heteroatoms. The van der Waals surface area contributed by atoms with Gasteiger partial charge in [-0.1, -0.05) is 0 Å². The number of nitrogens with one attached hydrogen (secondary N) is 1. The number of carbonyl (C=O) groups is 1. The van der Waals surface area contributed by atoms with Crippen molar-refractivity contribution in [3.8, 4) is 5.75 Å². The summed E-state index contributed by atoms with van der Waals surface area (Å²) in [6.07, 6.45) is 0. The van der Waals surface area contributed by atoms with Gasteiger partial charge in [-0.3, -0.25) is 14.9 Å². The highest BCUT2D eigenvalue weighted by molar-refractivity contribution is 5.91. The van der Waals surface area contributed by atoms with E-state index in [9.17, 15) is 19.3 Å². The van der Waals surface area contributed by atoms with Gasteiger partial charge in [0.2, 0.25) is 5.91 Å². The highest BCUT2D eigenvalue weighted by Crippen LogP contribution is 2.31. The third-order valence-corrected chi connectivity index (χ3v) is 1.86. The van der Waals surface area contributed by atoms with E-state index in [4.69, 9.17) is 4.74 Å². The molecule has 1 rings (SSSR count). The number of halogens is 1. The predicted octanol–water partition coefficient (Wildman–Crippen LogP) is 2.09. The van der Waals surface area contributed by atoms with Crippen LogP contribution in [0, 0.1) is 15.9 Å². The van der Waals surface area contributed by atoms with Crippen LogP contribution in [0.2, 0.25) is 0 Å². The van der Waals surface area contributed by atoms with Gasteiger partial charge in [0.15, 0.2) is 11.6 Å². The summed E-state index contributed by atoms with van der Waals surface area (Å²) in [5.74, 6) is -1.49. The van der Waals surface area contributed by atoms with Crippen molar-refractivity contribution in [3.63, 3.8) is 0 Å². The van der Waals surface area contributed by atoms with Gasteiger partial charge in [0.25, 0.3) is 5.69 Å². The van der Waals surface area contributed by atoms with Crippen molar-refractivity contribution in [2.45, 2.75) is 13.8 Å². The van der Waals surface area contributed by atoms with Gasteiger partial charge < -0.3 is 10.1 Å². The summed E-state index contributed by atoms with van der Waals surface area (Å²) >= 11 is 0. The lowest BCUT2D eigenvalue weighted by Crippen LogP contribution is -2.09. The second-order valence-electron chi connectivity index (χ2n) is 3.17. The lowest BCUT2D eigenvalue weighted by molar-refractivity contribution is -0.384. The van der Waals surface area contributed by atoms with E-state index in [-0.39, 0.29) is 18.0 Å². The predicted molar refractivity (Wildman–Crippen MR) is 58.5 cm³/mol. The Morgan fingerprint density at radius 1 is 1.59 bits per heavy atom. The molecule has 0 unspecified atom stereocenters. The molecule has 0 bridgehead atoms. The molecule has 0 aliphatic rings. The minimum Gasteiger partial charge on any atom is -0.491 e. The number of anilines is 1. The maximum Gasteiger partial charge on any atom is 0.296 e. The molecule has 92 valence electrons. The van der Waals surface area contributed by atoms with E-state index in [1.54, 1.807) is 6.92 Å². The zero-order valence-corrected chi connectivity index (χ0v) is 9.32. The van der Waals surface area contributed by atoms with Crippen LogP contribution in [0.3, 0.4) is 0 Å². The highest BCUT2D eigenvalue weighted by atomic mass is 19.1. The fourth-order valence-corrected chi connectivity index (χ4v) is 1.25. The van der Waals surface area contributed by atoms with Crippen molar-refractivity contribution in [2.75, 3.05) is 11.9 Å². The second-order valence-corrected chi connectivity index (χ2v) is 3.17. The van der Waals surface area contributed by atoms with Crippen LogP contribution >= 0.6 is 0 Å². The molecular weight excluding hydrogens is 231 g/mol. The zero-order valence-electron chi connectivity index (χ0n) is 9.32. The van der Waals surface area contributed by atoms with Crippen LogP contribution in [-0.4, -0.2) is 17.4 Å². The Kier molecular flexibility index (Phi) is 3.97. The molecule has 17 heavy (non-hydrogen) atoms. The van der Waals surface area contributed by atoms with Crippen LogP contribution in [0.15, 0.2) is 12.1 Å². The molecule has 0 saturated heterocycles. The lowest BCUT2D eigenvalue weighted by Gasteiger charge is -2.08.